The Labute approximate surface area is 102 Å². The van der Waals surface area contributed by atoms with Crippen LogP contribution in [0.5, 0.6) is 0 Å². The molecule has 1 nitrogen and oxygen atoms in total. The number of hydrogen-bond donors (Lipinski definition) is 0. The van der Waals surface area contributed by atoms with Crippen molar-refractivity contribution in [2.75, 3.05) is 6.26 Å². The third-order valence-corrected chi connectivity index (χ3v) is 3.53. The lowest BCUT2D eigenvalue weighted by Crippen LogP contribution is -1.97. The minimum atomic E-state index is 0.529. The zero-order valence-corrected chi connectivity index (χ0v) is 11.3. The normalized spacial score (nSPS) is 11.6. The minimum Gasteiger partial charge on any atom is -0.345 e. The molecule has 0 aliphatic rings. The van der Waals surface area contributed by atoms with Crippen LogP contribution in [0.4, 0.5) is 0 Å². The lowest BCUT2D eigenvalue weighted by Gasteiger charge is -2.08. The second-order valence-electron chi connectivity index (χ2n) is 4.61. The first kappa shape index (κ1) is 11.6. The molecule has 0 aliphatic carbocycles. The fourth-order valence-corrected chi connectivity index (χ4v) is 2.68. The van der Waals surface area contributed by atoms with Gasteiger partial charge in [-0.1, -0.05) is 11.6 Å². The quantitative estimate of drug-likeness (QED) is 0.761. The molecular formula is C14H19NS. The highest BCUT2D eigenvalue weighted by Gasteiger charge is 2.09. The highest BCUT2D eigenvalue weighted by molar-refractivity contribution is 7.97. The average molecular weight is 233 g/mol. The average Bonchev–Trinajstić information content (AvgIpc) is 2.58. The largest absolute Gasteiger partial charge is 0.345 e. The molecule has 0 fully saturated rings. The Morgan fingerprint density at radius 1 is 1.31 bits per heavy atom. The number of thioether (sulfide) groups is 1. The van der Waals surface area contributed by atoms with E-state index < -0.39 is 0 Å². The van der Waals surface area contributed by atoms with E-state index in [-0.39, 0.29) is 0 Å². The summed E-state index contributed by atoms with van der Waals surface area (Å²) in [5.74, 6) is 1.10. The Morgan fingerprint density at radius 3 is 2.69 bits per heavy atom. The van der Waals surface area contributed by atoms with Crippen molar-refractivity contribution in [2.45, 2.75) is 32.6 Å². The molecule has 0 saturated carbocycles. The predicted octanol–water partition coefficient (Wildman–Crippen LogP) is 4.39. The van der Waals surface area contributed by atoms with E-state index in [0.29, 0.717) is 6.04 Å². The van der Waals surface area contributed by atoms with Gasteiger partial charge in [0.25, 0.3) is 0 Å². The molecule has 0 spiro atoms. The van der Waals surface area contributed by atoms with Gasteiger partial charge < -0.3 is 4.57 Å². The van der Waals surface area contributed by atoms with Crippen LogP contribution in [-0.4, -0.2) is 10.8 Å². The molecule has 16 heavy (non-hydrogen) atoms. The van der Waals surface area contributed by atoms with Gasteiger partial charge in [-0.3, -0.25) is 0 Å². The van der Waals surface area contributed by atoms with Crippen molar-refractivity contribution in [1.82, 2.24) is 4.57 Å². The fraction of sp³-hybridized carbons (Fsp3) is 0.429. The van der Waals surface area contributed by atoms with E-state index in [1.165, 1.54) is 22.0 Å². The molecule has 86 valence electrons. The molecule has 0 atom stereocenters. The molecule has 1 heterocycles. The fourth-order valence-electron chi connectivity index (χ4n) is 2.14. The first-order valence-corrected chi connectivity index (χ1v) is 7.12. The van der Waals surface area contributed by atoms with Gasteiger partial charge in [-0.15, -0.1) is 0 Å². The first-order valence-electron chi connectivity index (χ1n) is 5.72. The first-order chi connectivity index (χ1) is 7.63. The maximum absolute atomic E-state index is 2.38. The van der Waals surface area contributed by atoms with Gasteiger partial charge in [0.05, 0.1) is 0 Å². The lowest BCUT2D eigenvalue weighted by molar-refractivity contribution is 0.621. The smallest absolute Gasteiger partial charge is 0.0486 e. The Balaban J connectivity index is 2.66. The molecule has 0 bridgehead atoms. The van der Waals surface area contributed by atoms with Crippen LogP contribution in [0, 0.1) is 6.92 Å². The molecule has 1 aromatic heterocycles. The van der Waals surface area contributed by atoms with E-state index in [1.807, 2.05) is 11.8 Å². The highest BCUT2D eigenvalue weighted by atomic mass is 32.2. The second kappa shape index (κ2) is 4.54. The van der Waals surface area contributed by atoms with Crippen LogP contribution in [0.3, 0.4) is 0 Å². The van der Waals surface area contributed by atoms with E-state index in [2.05, 4.69) is 56.0 Å². The summed E-state index contributed by atoms with van der Waals surface area (Å²) in [4.78, 5) is 0. The molecular weight excluding hydrogens is 214 g/mol. The maximum Gasteiger partial charge on any atom is 0.0486 e. The SMILES string of the molecule is CSCc1cn(C(C)C)c2ccc(C)cc12. The van der Waals surface area contributed by atoms with Crippen LogP contribution in [0.15, 0.2) is 24.4 Å². The van der Waals surface area contributed by atoms with Crippen molar-refractivity contribution in [2.24, 2.45) is 0 Å². The Hall–Kier alpha value is -0.890. The van der Waals surface area contributed by atoms with Crippen LogP contribution in [0.2, 0.25) is 0 Å². The van der Waals surface area contributed by atoms with E-state index >= 15 is 0 Å². The summed E-state index contributed by atoms with van der Waals surface area (Å²) in [6.45, 7) is 6.64. The molecule has 0 amide bonds. The number of hydrogen-bond acceptors (Lipinski definition) is 1. The Morgan fingerprint density at radius 2 is 2.06 bits per heavy atom. The molecule has 2 heteroatoms. The van der Waals surface area contributed by atoms with E-state index in [4.69, 9.17) is 0 Å². The van der Waals surface area contributed by atoms with Gasteiger partial charge in [-0.05, 0) is 44.7 Å². The standard InChI is InChI=1S/C14H19NS/c1-10(2)15-8-12(9-16-4)13-7-11(3)5-6-14(13)15/h5-8,10H,9H2,1-4H3. The van der Waals surface area contributed by atoms with E-state index in [9.17, 15) is 0 Å². The van der Waals surface area contributed by atoms with Crippen LogP contribution in [-0.2, 0) is 5.75 Å². The molecule has 0 saturated heterocycles. The third kappa shape index (κ3) is 1.99. The van der Waals surface area contributed by atoms with Crippen molar-refractivity contribution >= 4 is 22.7 Å². The molecule has 2 aromatic rings. The highest BCUT2D eigenvalue weighted by Crippen LogP contribution is 2.27. The van der Waals surface area contributed by atoms with Crippen LogP contribution in [0.1, 0.15) is 31.0 Å². The zero-order chi connectivity index (χ0) is 11.7. The van der Waals surface area contributed by atoms with Crippen LogP contribution < -0.4 is 0 Å². The third-order valence-electron chi connectivity index (χ3n) is 2.93. The van der Waals surface area contributed by atoms with Crippen LogP contribution in [0.25, 0.3) is 10.9 Å². The van der Waals surface area contributed by atoms with E-state index in [1.54, 1.807) is 0 Å². The van der Waals surface area contributed by atoms with Crippen LogP contribution >= 0.6 is 11.8 Å². The van der Waals surface area contributed by atoms with Gasteiger partial charge in [0.2, 0.25) is 0 Å². The number of nitrogens with zero attached hydrogens (tertiary/aromatic N) is 1. The lowest BCUT2D eigenvalue weighted by atomic mass is 10.1. The molecule has 0 unspecified atom stereocenters. The summed E-state index contributed by atoms with van der Waals surface area (Å²) in [6.07, 6.45) is 4.47. The van der Waals surface area contributed by atoms with Gasteiger partial charge in [-0.25, -0.2) is 0 Å². The van der Waals surface area contributed by atoms with Crippen molar-refractivity contribution in [3.8, 4) is 0 Å². The van der Waals surface area contributed by atoms with Gasteiger partial charge in [0, 0.05) is 28.9 Å². The predicted molar refractivity (Wildman–Crippen MR) is 74.3 cm³/mol. The maximum atomic E-state index is 2.38. The summed E-state index contributed by atoms with van der Waals surface area (Å²) in [5.41, 5.74) is 4.17. The van der Waals surface area contributed by atoms with E-state index in [0.717, 1.165) is 5.75 Å². The molecule has 0 radical (unpaired) electrons. The van der Waals surface area contributed by atoms with Crippen molar-refractivity contribution in [1.29, 1.82) is 0 Å². The Kier molecular flexibility index (Phi) is 3.29. The molecule has 0 aliphatic heterocycles. The Bertz CT molecular complexity index is 497. The molecule has 2 rings (SSSR count). The van der Waals surface area contributed by atoms with Crippen molar-refractivity contribution < 1.29 is 0 Å². The van der Waals surface area contributed by atoms with Gasteiger partial charge >= 0.3 is 0 Å². The monoisotopic (exact) mass is 233 g/mol. The topological polar surface area (TPSA) is 4.93 Å². The number of benzene rings is 1. The van der Waals surface area contributed by atoms with Crippen molar-refractivity contribution in [3.05, 3.63) is 35.5 Å². The summed E-state index contributed by atoms with van der Waals surface area (Å²) >= 11 is 1.89. The summed E-state index contributed by atoms with van der Waals surface area (Å²) in [6, 6.07) is 7.28. The minimum absolute atomic E-state index is 0.529. The summed E-state index contributed by atoms with van der Waals surface area (Å²) in [5, 5.41) is 1.42. The number of rotatable bonds is 3. The van der Waals surface area contributed by atoms with Gasteiger partial charge in [0.1, 0.15) is 0 Å². The summed E-state index contributed by atoms with van der Waals surface area (Å²) in [7, 11) is 0. The summed E-state index contributed by atoms with van der Waals surface area (Å²) < 4.78 is 2.38. The number of fused-ring (bicyclic) bond motifs is 1. The number of aryl methyl sites for hydroxylation is 1. The second-order valence-corrected chi connectivity index (χ2v) is 5.47. The number of aromatic nitrogens is 1. The molecule has 1 aromatic carbocycles. The van der Waals surface area contributed by atoms with Gasteiger partial charge in [-0.2, -0.15) is 11.8 Å². The zero-order valence-electron chi connectivity index (χ0n) is 10.4. The van der Waals surface area contributed by atoms with Crippen molar-refractivity contribution in [3.63, 3.8) is 0 Å². The van der Waals surface area contributed by atoms with Gasteiger partial charge in [0.15, 0.2) is 0 Å². The molecule has 0 N–H and O–H groups in total.